The molecule has 1 aromatic carbocycles. The van der Waals surface area contributed by atoms with Gasteiger partial charge in [-0.25, -0.2) is 0 Å². The van der Waals surface area contributed by atoms with Crippen molar-refractivity contribution in [3.05, 3.63) is 46.6 Å². The fourth-order valence-electron chi connectivity index (χ4n) is 2.15. The molecule has 2 atom stereocenters. The fraction of sp³-hybridized carbons (Fsp3) is 0.385. The Bertz CT molecular complexity index is 567. The Kier molecular flexibility index (Phi) is 3.50. The zero-order valence-electron chi connectivity index (χ0n) is 10.3. The van der Waals surface area contributed by atoms with Crippen LogP contribution in [0.15, 0.2) is 28.8 Å². The van der Waals surface area contributed by atoms with Crippen LogP contribution in [0.25, 0.3) is 0 Å². The van der Waals surface area contributed by atoms with Crippen molar-refractivity contribution in [1.29, 1.82) is 0 Å². The fourth-order valence-corrected chi connectivity index (χ4v) is 2.40. The van der Waals surface area contributed by atoms with E-state index in [0.717, 1.165) is 25.0 Å². The SMILES string of the molecule is N[C@@H](c1nc(C2CCCO2)no1)c1ccccc1Cl. The van der Waals surface area contributed by atoms with E-state index in [1.165, 1.54) is 0 Å². The maximum Gasteiger partial charge on any atom is 0.248 e. The van der Waals surface area contributed by atoms with Crippen molar-refractivity contribution in [3.63, 3.8) is 0 Å². The molecule has 2 N–H and O–H groups in total. The Labute approximate surface area is 115 Å². The van der Waals surface area contributed by atoms with Crippen LogP contribution in [-0.4, -0.2) is 16.7 Å². The number of halogens is 1. The highest BCUT2D eigenvalue weighted by atomic mass is 35.5. The molecule has 1 aliphatic rings. The molecule has 5 nitrogen and oxygen atoms in total. The molecule has 1 unspecified atom stereocenters. The molecule has 0 aliphatic carbocycles. The minimum Gasteiger partial charge on any atom is -0.370 e. The van der Waals surface area contributed by atoms with Gasteiger partial charge in [0.1, 0.15) is 12.1 Å². The number of nitrogens with zero attached hydrogens (tertiary/aromatic N) is 2. The molecule has 3 rings (SSSR count). The Morgan fingerprint density at radius 2 is 2.21 bits per heavy atom. The first-order valence-electron chi connectivity index (χ1n) is 6.21. The van der Waals surface area contributed by atoms with Gasteiger partial charge in [0.05, 0.1) is 0 Å². The minimum absolute atomic E-state index is 0.0732. The molecule has 0 spiro atoms. The molecule has 19 heavy (non-hydrogen) atoms. The van der Waals surface area contributed by atoms with Gasteiger partial charge in [-0.3, -0.25) is 0 Å². The van der Waals surface area contributed by atoms with Crippen LogP contribution in [0.4, 0.5) is 0 Å². The molecule has 0 radical (unpaired) electrons. The number of benzene rings is 1. The summed E-state index contributed by atoms with van der Waals surface area (Å²) in [5, 5.41) is 4.53. The lowest BCUT2D eigenvalue weighted by atomic mass is 10.1. The predicted molar refractivity (Wildman–Crippen MR) is 69.7 cm³/mol. The number of aromatic nitrogens is 2. The third-order valence-electron chi connectivity index (χ3n) is 3.18. The van der Waals surface area contributed by atoms with Gasteiger partial charge in [-0.2, -0.15) is 4.98 Å². The lowest BCUT2D eigenvalue weighted by Crippen LogP contribution is -2.13. The predicted octanol–water partition coefficient (Wildman–Crippen LogP) is 2.62. The van der Waals surface area contributed by atoms with Crippen molar-refractivity contribution < 1.29 is 9.26 Å². The van der Waals surface area contributed by atoms with Crippen LogP contribution in [-0.2, 0) is 4.74 Å². The monoisotopic (exact) mass is 279 g/mol. The average molecular weight is 280 g/mol. The van der Waals surface area contributed by atoms with E-state index in [4.69, 9.17) is 26.6 Å². The minimum atomic E-state index is -0.517. The zero-order valence-corrected chi connectivity index (χ0v) is 11.0. The molecule has 1 aromatic heterocycles. The van der Waals surface area contributed by atoms with Crippen molar-refractivity contribution >= 4 is 11.6 Å². The van der Waals surface area contributed by atoms with E-state index in [2.05, 4.69) is 10.1 Å². The second-order valence-electron chi connectivity index (χ2n) is 4.49. The highest BCUT2D eigenvalue weighted by molar-refractivity contribution is 6.31. The summed E-state index contributed by atoms with van der Waals surface area (Å²) in [6.07, 6.45) is 1.86. The van der Waals surface area contributed by atoms with Gasteiger partial charge >= 0.3 is 0 Å². The average Bonchev–Trinajstić information content (AvgIpc) is 3.09. The molecule has 1 fully saturated rings. The number of hydrogen-bond donors (Lipinski definition) is 1. The third-order valence-corrected chi connectivity index (χ3v) is 3.53. The third kappa shape index (κ3) is 2.49. The Balaban J connectivity index is 1.84. The first-order valence-corrected chi connectivity index (χ1v) is 6.58. The van der Waals surface area contributed by atoms with E-state index in [1.54, 1.807) is 6.07 Å². The van der Waals surface area contributed by atoms with Crippen molar-refractivity contribution in [2.24, 2.45) is 5.73 Å². The lowest BCUT2D eigenvalue weighted by molar-refractivity contribution is 0.103. The molecule has 2 aromatic rings. The van der Waals surface area contributed by atoms with E-state index < -0.39 is 6.04 Å². The molecule has 1 saturated heterocycles. The second kappa shape index (κ2) is 5.28. The molecule has 0 amide bonds. The number of nitrogens with two attached hydrogens (primary N) is 1. The molecule has 100 valence electrons. The van der Waals surface area contributed by atoms with Crippen LogP contribution < -0.4 is 5.73 Å². The van der Waals surface area contributed by atoms with Crippen molar-refractivity contribution in [2.75, 3.05) is 6.61 Å². The van der Waals surface area contributed by atoms with Crippen LogP contribution >= 0.6 is 11.6 Å². The maximum atomic E-state index is 6.11. The van der Waals surface area contributed by atoms with Gasteiger partial charge in [0.15, 0.2) is 0 Å². The number of hydrogen-bond acceptors (Lipinski definition) is 5. The lowest BCUT2D eigenvalue weighted by Gasteiger charge is -2.08. The molecule has 0 bridgehead atoms. The normalized spacial score (nSPS) is 20.6. The first-order chi connectivity index (χ1) is 9.25. The van der Waals surface area contributed by atoms with E-state index in [9.17, 15) is 0 Å². The van der Waals surface area contributed by atoms with E-state index in [0.29, 0.717) is 16.7 Å². The summed E-state index contributed by atoms with van der Waals surface area (Å²) < 4.78 is 10.7. The largest absolute Gasteiger partial charge is 0.370 e. The van der Waals surface area contributed by atoms with Crippen LogP contribution in [0.1, 0.15) is 42.3 Å². The molecular formula is C13H14ClN3O2. The first kappa shape index (κ1) is 12.6. The highest BCUT2D eigenvalue weighted by Crippen LogP contribution is 2.29. The Morgan fingerprint density at radius 1 is 1.37 bits per heavy atom. The van der Waals surface area contributed by atoms with Gasteiger partial charge in [0.2, 0.25) is 11.7 Å². The van der Waals surface area contributed by atoms with E-state index >= 15 is 0 Å². The van der Waals surface area contributed by atoms with Gasteiger partial charge in [-0.1, -0.05) is 35.0 Å². The Hall–Kier alpha value is -1.43. The quantitative estimate of drug-likeness (QED) is 0.935. The van der Waals surface area contributed by atoms with Crippen molar-refractivity contribution in [1.82, 2.24) is 10.1 Å². The van der Waals surface area contributed by atoms with Crippen LogP contribution in [0.2, 0.25) is 5.02 Å². The molecule has 6 heteroatoms. The summed E-state index contributed by atoms with van der Waals surface area (Å²) in [6.45, 7) is 0.741. The summed E-state index contributed by atoms with van der Waals surface area (Å²) in [7, 11) is 0. The van der Waals surface area contributed by atoms with E-state index in [-0.39, 0.29) is 6.10 Å². The van der Waals surface area contributed by atoms with Crippen LogP contribution in [0, 0.1) is 0 Å². The topological polar surface area (TPSA) is 74.2 Å². The van der Waals surface area contributed by atoms with Crippen LogP contribution in [0.3, 0.4) is 0 Å². The van der Waals surface area contributed by atoms with Gasteiger partial charge in [0.25, 0.3) is 0 Å². The van der Waals surface area contributed by atoms with Crippen LogP contribution in [0.5, 0.6) is 0 Å². The smallest absolute Gasteiger partial charge is 0.248 e. The van der Waals surface area contributed by atoms with Gasteiger partial charge < -0.3 is 15.0 Å². The standard InChI is InChI=1S/C13H14ClN3O2/c14-9-5-2-1-4-8(9)11(15)13-16-12(17-19-13)10-6-3-7-18-10/h1-2,4-5,10-11H,3,6-7,15H2/t10?,11-/m1/s1. The van der Waals surface area contributed by atoms with Crippen molar-refractivity contribution in [3.8, 4) is 0 Å². The highest BCUT2D eigenvalue weighted by Gasteiger charge is 2.25. The van der Waals surface area contributed by atoms with E-state index in [1.807, 2.05) is 18.2 Å². The number of rotatable bonds is 3. The number of ether oxygens (including phenoxy) is 1. The molecule has 1 aliphatic heterocycles. The molecule has 2 heterocycles. The molecular weight excluding hydrogens is 266 g/mol. The summed E-state index contributed by atoms with van der Waals surface area (Å²) in [6, 6.07) is 6.84. The summed E-state index contributed by atoms with van der Waals surface area (Å²) in [5.74, 6) is 0.925. The van der Waals surface area contributed by atoms with Gasteiger partial charge in [-0.15, -0.1) is 0 Å². The summed E-state index contributed by atoms with van der Waals surface area (Å²) in [5.41, 5.74) is 6.88. The van der Waals surface area contributed by atoms with Gasteiger partial charge in [0, 0.05) is 11.6 Å². The summed E-state index contributed by atoms with van der Waals surface area (Å²) >= 11 is 6.11. The maximum absolute atomic E-state index is 6.11. The Morgan fingerprint density at radius 3 is 2.95 bits per heavy atom. The second-order valence-corrected chi connectivity index (χ2v) is 4.90. The van der Waals surface area contributed by atoms with Gasteiger partial charge in [-0.05, 0) is 24.5 Å². The zero-order chi connectivity index (χ0) is 13.2. The summed E-state index contributed by atoms with van der Waals surface area (Å²) in [4.78, 5) is 4.32. The molecule has 0 saturated carbocycles. The van der Waals surface area contributed by atoms with Crippen molar-refractivity contribution in [2.45, 2.75) is 25.0 Å².